The molecule has 0 saturated heterocycles. The van der Waals surface area contributed by atoms with Gasteiger partial charge in [0.05, 0.1) is 5.69 Å². The van der Waals surface area contributed by atoms with Crippen LogP contribution in [0.4, 0.5) is 0 Å². The molecule has 2 rings (SSSR count). The van der Waals surface area contributed by atoms with Gasteiger partial charge in [-0.25, -0.2) is 4.98 Å². The van der Waals surface area contributed by atoms with Gasteiger partial charge in [0, 0.05) is 27.6 Å². The lowest BCUT2D eigenvalue weighted by Crippen LogP contribution is -2.35. The van der Waals surface area contributed by atoms with Crippen molar-refractivity contribution in [2.75, 3.05) is 0 Å². The van der Waals surface area contributed by atoms with Crippen molar-refractivity contribution >= 4 is 27.3 Å². The molecule has 2 aromatic heterocycles. The van der Waals surface area contributed by atoms with Gasteiger partial charge in [0.25, 0.3) is 0 Å². The molecule has 3 nitrogen and oxygen atoms in total. The molecular weight excluding hydrogens is 346 g/mol. The molecule has 0 amide bonds. The average molecular weight is 368 g/mol. The number of hydrogen-bond acceptors (Lipinski definition) is 4. The van der Waals surface area contributed by atoms with E-state index in [0.29, 0.717) is 5.92 Å². The lowest BCUT2D eigenvalue weighted by atomic mass is 10.1. The molecule has 0 aromatic carbocycles. The van der Waals surface area contributed by atoms with Crippen molar-refractivity contribution in [2.24, 2.45) is 0 Å². The van der Waals surface area contributed by atoms with Crippen LogP contribution in [0.1, 0.15) is 51.1 Å². The normalized spacial score (nSPS) is 12.1. The quantitative estimate of drug-likeness (QED) is 0.827. The molecule has 0 aliphatic rings. The Morgan fingerprint density at radius 2 is 2.05 bits per heavy atom. The highest BCUT2D eigenvalue weighted by molar-refractivity contribution is 9.10. The van der Waals surface area contributed by atoms with Gasteiger partial charge in [-0.15, -0.1) is 11.3 Å². The van der Waals surface area contributed by atoms with Crippen LogP contribution < -0.4 is 5.32 Å². The van der Waals surface area contributed by atoms with Gasteiger partial charge in [0.15, 0.2) is 0 Å². The third kappa shape index (κ3) is 4.34. The molecule has 114 valence electrons. The van der Waals surface area contributed by atoms with Crippen LogP contribution in [0.3, 0.4) is 0 Å². The maximum Gasteiger partial charge on any atom is 0.143 e. The smallest absolute Gasteiger partial charge is 0.143 e. The lowest BCUT2D eigenvalue weighted by molar-refractivity contribution is 0.425. The number of halogens is 1. The fourth-order valence-corrected chi connectivity index (χ4v) is 3.67. The number of hydrogen-bond donors (Lipinski definition) is 1. The lowest BCUT2D eigenvalue weighted by Gasteiger charge is -2.20. The summed E-state index contributed by atoms with van der Waals surface area (Å²) in [6.07, 6.45) is 1.81. The molecule has 0 unspecified atom stereocenters. The molecule has 0 fully saturated rings. The van der Waals surface area contributed by atoms with Crippen molar-refractivity contribution in [3.05, 3.63) is 33.4 Å². The van der Waals surface area contributed by atoms with Gasteiger partial charge in [0.1, 0.15) is 10.7 Å². The molecule has 2 heterocycles. The van der Waals surface area contributed by atoms with Crippen LogP contribution in [0.15, 0.2) is 22.8 Å². The zero-order valence-corrected chi connectivity index (χ0v) is 15.6. The molecule has 0 radical (unpaired) electrons. The second-order valence-electron chi connectivity index (χ2n) is 6.42. The summed E-state index contributed by atoms with van der Waals surface area (Å²) >= 11 is 5.29. The zero-order chi connectivity index (χ0) is 15.6. The zero-order valence-electron chi connectivity index (χ0n) is 13.2. The number of nitrogens with zero attached hydrogens (tertiary/aromatic N) is 2. The summed E-state index contributed by atoms with van der Waals surface area (Å²) in [6, 6.07) is 3.93. The Morgan fingerprint density at radius 1 is 1.33 bits per heavy atom. The van der Waals surface area contributed by atoms with Crippen molar-refractivity contribution < 1.29 is 0 Å². The van der Waals surface area contributed by atoms with Crippen molar-refractivity contribution in [3.63, 3.8) is 0 Å². The highest BCUT2D eigenvalue weighted by Gasteiger charge is 2.19. The first-order valence-electron chi connectivity index (χ1n) is 7.13. The Labute approximate surface area is 139 Å². The van der Waals surface area contributed by atoms with Crippen molar-refractivity contribution in [1.82, 2.24) is 15.3 Å². The highest BCUT2D eigenvalue weighted by atomic mass is 79.9. The summed E-state index contributed by atoms with van der Waals surface area (Å²) in [7, 11) is 0. The van der Waals surface area contributed by atoms with Gasteiger partial charge < -0.3 is 5.32 Å². The molecule has 0 atom stereocenters. The van der Waals surface area contributed by atoms with Crippen LogP contribution in [0.2, 0.25) is 0 Å². The van der Waals surface area contributed by atoms with Crippen LogP contribution in [0.25, 0.3) is 10.7 Å². The molecule has 0 spiro atoms. The third-order valence-corrected chi connectivity index (χ3v) is 4.73. The van der Waals surface area contributed by atoms with E-state index >= 15 is 0 Å². The summed E-state index contributed by atoms with van der Waals surface area (Å²) in [6.45, 7) is 11.8. The van der Waals surface area contributed by atoms with Gasteiger partial charge in [-0.2, -0.15) is 0 Å². The van der Waals surface area contributed by atoms with Gasteiger partial charge in [-0.05, 0) is 54.8 Å². The molecule has 1 N–H and O–H groups in total. The van der Waals surface area contributed by atoms with Gasteiger partial charge in [-0.1, -0.05) is 13.8 Å². The predicted octanol–water partition coefficient (Wildman–Crippen LogP) is 4.98. The fourth-order valence-electron chi connectivity index (χ4n) is 1.93. The minimum atomic E-state index is 0.101. The minimum Gasteiger partial charge on any atom is -0.307 e. The van der Waals surface area contributed by atoms with Crippen LogP contribution >= 0.6 is 27.3 Å². The van der Waals surface area contributed by atoms with E-state index in [1.165, 1.54) is 10.6 Å². The van der Waals surface area contributed by atoms with Crippen LogP contribution in [0.5, 0.6) is 0 Å². The van der Waals surface area contributed by atoms with Crippen LogP contribution in [-0.4, -0.2) is 15.5 Å². The van der Waals surface area contributed by atoms with Gasteiger partial charge in [-0.3, -0.25) is 4.98 Å². The topological polar surface area (TPSA) is 37.8 Å². The van der Waals surface area contributed by atoms with Crippen LogP contribution in [0, 0.1) is 0 Å². The second-order valence-corrected chi connectivity index (χ2v) is 8.36. The first kappa shape index (κ1) is 16.6. The van der Waals surface area contributed by atoms with E-state index in [9.17, 15) is 0 Å². The Bertz CT molecular complexity index is 614. The Balaban J connectivity index is 2.36. The van der Waals surface area contributed by atoms with Gasteiger partial charge in [0.2, 0.25) is 0 Å². The molecule has 0 bridgehead atoms. The summed E-state index contributed by atoms with van der Waals surface area (Å²) in [5.41, 5.74) is 2.19. The summed E-state index contributed by atoms with van der Waals surface area (Å²) in [5, 5.41) is 4.53. The minimum absolute atomic E-state index is 0.101. The summed E-state index contributed by atoms with van der Waals surface area (Å²) in [4.78, 5) is 10.6. The SMILES string of the molecule is CC(C)c1nc(-c2ncccc2Br)sc1CNC(C)(C)C. The molecule has 0 saturated carbocycles. The van der Waals surface area contributed by atoms with Crippen molar-refractivity contribution in [1.29, 1.82) is 0 Å². The highest BCUT2D eigenvalue weighted by Crippen LogP contribution is 2.34. The van der Waals surface area contributed by atoms with E-state index in [1.807, 2.05) is 18.3 Å². The van der Waals surface area contributed by atoms with E-state index in [2.05, 4.69) is 60.8 Å². The van der Waals surface area contributed by atoms with Crippen molar-refractivity contribution in [3.8, 4) is 10.7 Å². The standard InChI is InChI=1S/C16H22BrN3S/c1-10(2)13-12(9-19-16(3,4)5)21-15(20-13)14-11(17)7-6-8-18-14/h6-8,10,19H,9H2,1-5H3. The molecule has 0 aliphatic heterocycles. The second kappa shape index (κ2) is 6.55. The molecule has 21 heavy (non-hydrogen) atoms. The van der Waals surface area contributed by atoms with Crippen molar-refractivity contribution in [2.45, 2.75) is 52.6 Å². The van der Waals surface area contributed by atoms with Gasteiger partial charge >= 0.3 is 0 Å². The molecule has 5 heteroatoms. The molecule has 0 aliphatic carbocycles. The average Bonchev–Trinajstić information content (AvgIpc) is 2.80. The summed E-state index contributed by atoms with van der Waals surface area (Å²) < 4.78 is 0.990. The summed E-state index contributed by atoms with van der Waals surface area (Å²) in [5.74, 6) is 0.411. The number of rotatable bonds is 4. The van der Waals surface area contributed by atoms with E-state index in [0.717, 1.165) is 21.7 Å². The largest absolute Gasteiger partial charge is 0.307 e. The predicted molar refractivity (Wildman–Crippen MR) is 93.7 cm³/mol. The number of nitrogens with one attached hydrogen (secondary N) is 1. The van der Waals surface area contributed by atoms with E-state index in [1.54, 1.807) is 11.3 Å². The Hall–Kier alpha value is -0.780. The first-order chi connectivity index (χ1) is 9.78. The number of aromatic nitrogens is 2. The van der Waals surface area contributed by atoms with E-state index in [4.69, 9.17) is 4.98 Å². The monoisotopic (exact) mass is 367 g/mol. The maximum atomic E-state index is 4.83. The van der Waals surface area contributed by atoms with Crippen LogP contribution in [-0.2, 0) is 6.54 Å². The van der Waals surface area contributed by atoms with E-state index in [-0.39, 0.29) is 5.54 Å². The number of pyridine rings is 1. The Kier molecular flexibility index (Phi) is 5.17. The third-order valence-electron chi connectivity index (χ3n) is 3.01. The molecular formula is C16H22BrN3S. The van der Waals surface area contributed by atoms with E-state index < -0.39 is 0 Å². The Morgan fingerprint density at radius 3 is 2.62 bits per heavy atom. The molecule has 2 aromatic rings. The number of thiazole rings is 1. The first-order valence-corrected chi connectivity index (χ1v) is 8.74. The maximum absolute atomic E-state index is 4.83. The fraction of sp³-hybridized carbons (Fsp3) is 0.500.